The zero-order valence-electron chi connectivity index (χ0n) is 15.7. The number of rotatable bonds is 7. The molecular formula is C19H27N3O4. The molecule has 7 nitrogen and oxygen atoms in total. The number of carbonyl (C=O) groups excluding carboxylic acids is 2. The molecule has 0 spiro atoms. The largest absolute Gasteiger partial charge is 0.476 e. The van der Waals surface area contributed by atoms with Crippen LogP contribution in [0.15, 0.2) is 12.1 Å². The fourth-order valence-electron chi connectivity index (χ4n) is 3.00. The molecule has 1 aromatic heterocycles. The summed E-state index contributed by atoms with van der Waals surface area (Å²) in [5.74, 6) is 0.163. The van der Waals surface area contributed by atoms with E-state index in [2.05, 4.69) is 15.2 Å². The lowest BCUT2D eigenvalue weighted by molar-refractivity contribution is -0.146. The fourth-order valence-corrected chi connectivity index (χ4v) is 3.00. The summed E-state index contributed by atoms with van der Waals surface area (Å²) in [5.41, 5.74) is 0.0403. The van der Waals surface area contributed by atoms with Gasteiger partial charge in [-0.3, -0.25) is 4.79 Å². The number of aromatic nitrogens is 1. The van der Waals surface area contributed by atoms with Crippen LogP contribution in [0.1, 0.15) is 50.0 Å². The molecule has 2 aliphatic rings. The first-order chi connectivity index (χ1) is 12.4. The third-order valence-electron chi connectivity index (χ3n) is 4.79. The highest BCUT2D eigenvalue weighted by Gasteiger charge is 2.32. The Hall–Kier alpha value is -2.31. The van der Waals surface area contributed by atoms with Gasteiger partial charge in [-0.25, -0.2) is 9.78 Å². The van der Waals surface area contributed by atoms with Crippen LogP contribution in [0.4, 0.5) is 5.69 Å². The van der Waals surface area contributed by atoms with Gasteiger partial charge >= 0.3 is 5.97 Å². The van der Waals surface area contributed by atoms with E-state index < -0.39 is 17.4 Å². The second-order valence-corrected chi connectivity index (χ2v) is 7.54. The van der Waals surface area contributed by atoms with Gasteiger partial charge in [-0.15, -0.1) is 0 Å². The molecule has 0 atom stereocenters. The molecule has 0 aromatic carbocycles. The number of amides is 1. The zero-order valence-corrected chi connectivity index (χ0v) is 15.7. The fraction of sp³-hybridized carbons (Fsp3) is 0.632. The molecule has 26 heavy (non-hydrogen) atoms. The molecule has 3 rings (SSSR count). The quantitative estimate of drug-likeness (QED) is 0.750. The van der Waals surface area contributed by atoms with Crippen molar-refractivity contribution in [3.63, 3.8) is 0 Å². The van der Waals surface area contributed by atoms with Gasteiger partial charge in [0.1, 0.15) is 11.2 Å². The van der Waals surface area contributed by atoms with Crippen LogP contribution in [0.3, 0.4) is 0 Å². The van der Waals surface area contributed by atoms with Crippen LogP contribution in [-0.4, -0.2) is 49.2 Å². The monoisotopic (exact) mass is 361 g/mol. The highest BCUT2D eigenvalue weighted by atomic mass is 16.5. The zero-order chi connectivity index (χ0) is 18.7. The van der Waals surface area contributed by atoms with E-state index in [0.717, 1.165) is 31.6 Å². The second kappa shape index (κ2) is 7.51. The maximum atomic E-state index is 12.6. The van der Waals surface area contributed by atoms with Crippen LogP contribution in [0.25, 0.3) is 0 Å². The molecule has 1 aliphatic carbocycles. The van der Waals surface area contributed by atoms with E-state index in [4.69, 9.17) is 9.47 Å². The molecule has 1 saturated carbocycles. The summed E-state index contributed by atoms with van der Waals surface area (Å²) in [7, 11) is 1.29. The first kappa shape index (κ1) is 18.5. The maximum Gasteiger partial charge on any atom is 0.330 e. The Labute approximate surface area is 154 Å². The number of nitrogens with one attached hydrogen (secondary N) is 1. The Kier molecular flexibility index (Phi) is 5.34. The van der Waals surface area contributed by atoms with Gasteiger partial charge in [0.15, 0.2) is 0 Å². The van der Waals surface area contributed by atoms with Gasteiger partial charge in [-0.1, -0.05) is 0 Å². The minimum absolute atomic E-state index is 0.232. The molecule has 1 amide bonds. The average Bonchev–Trinajstić information content (AvgIpc) is 3.30. The van der Waals surface area contributed by atoms with Gasteiger partial charge < -0.3 is 19.7 Å². The third-order valence-corrected chi connectivity index (χ3v) is 4.79. The van der Waals surface area contributed by atoms with Crippen LogP contribution in [0.2, 0.25) is 0 Å². The minimum Gasteiger partial charge on any atom is -0.476 e. The first-order valence-electron chi connectivity index (χ1n) is 9.20. The number of pyridine rings is 1. The van der Waals surface area contributed by atoms with Gasteiger partial charge in [0.05, 0.1) is 19.4 Å². The standard InChI is InChI=1S/C19H27N3O4/c1-19(2,18(24)25-3)21-16(23)14-8-9-15(22-10-4-5-11-22)17(20-14)26-12-13-6-7-13/h8-9,13H,4-7,10-12H2,1-3H3,(H,21,23). The number of nitrogens with zero attached hydrogens (tertiary/aromatic N) is 2. The third kappa shape index (κ3) is 4.26. The highest BCUT2D eigenvalue weighted by molar-refractivity contribution is 5.96. The molecular weight excluding hydrogens is 334 g/mol. The van der Waals surface area contributed by atoms with Crippen molar-refractivity contribution in [2.75, 3.05) is 31.7 Å². The topological polar surface area (TPSA) is 80.8 Å². The Bertz CT molecular complexity index is 679. The Morgan fingerprint density at radius 2 is 1.96 bits per heavy atom. The summed E-state index contributed by atoms with van der Waals surface area (Å²) < 4.78 is 10.7. The SMILES string of the molecule is COC(=O)C(C)(C)NC(=O)c1ccc(N2CCCC2)c(OCC2CC2)n1. The molecule has 1 aromatic rings. The van der Waals surface area contributed by atoms with Gasteiger partial charge in [0.2, 0.25) is 5.88 Å². The van der Waals surface area contributed by atoms with Crippen molar-refractivity contribution < 1.29 is 19.1 Å². The summed E-state index contributed by atoms with van der Waals surface area (Å²) in [6, 6.07) is 3.57. The molecule has 1 aliphatic heterocycles. The number of hydrogen-bond donors (Lipinski definition) is 1. The van der Waals surface area contributed by atoms with Gasteiger partial charge in [-0.05, 0) is 57.6 Å². The van der Waals surface area contributed by atoms with E-state index in [1.165, 1.54) is 20.0 Å². The van der Waals surface area contributed by atoms with Crippen molar-refractivity contribution in [3.05, 3.63) is 17.8 Å². The second-order valence-electron chi connectivity index (χ2n) is 7.54. The van der Waals surface area contributed by atoms with Crippen LogP contribution in [0, 0.1) is 5.92 Å². The average molecular weight is 361 g/mol. The summed E-state index contributed by atoms with van der Waals surface area (Å²) in [6.07, 6.45) is 4.67. The van der Waals surface area contributed by atoms with Gasteiger partial charge in [0, 0.05) is 13.1 Å². The van der Waals surface area contributed by atoms with E-state index in [0.29, 0.717) is 18.4 Å². The minimum atomic E-state index is -1.13. The number of hydrogen-bond acceptors (Lipinski definition) is 6. The molecule has 1 saturated heterocycles. The lowest BCUT2D eigenvalue weighted by Crippen LogP contribution is -2.50. The number of ether oxygens (including phenoxy) is 2. The highest BCUT2D eigenvalue weighted by Crippen LogP contribution is 2.33. The molecule has 1 N–H and O–H groups in total. The normalized spacial score (nSPS) is 17.1. The Morgan fingerprint density at radius 1 is 1.27 bits per heavy atom. The van der Waals surface area contributed by atoms with Crippen LogP contribution in [0.5, 0.6) is 5.88 Å². The summed E-state index contributed by atoms with van der Waals surface area (Å²) >= 11 is 0. The van der Waals surface area contributed by atoms with Gasteiger partial charge in [0.25, 0.3) is 5.91 Å². The molecule has 0 radical (unpaired) electrons. The summed E-state index contributed by atoms with van der Waals surface area (Å²) in [5, 5.41) is 2.67. The molecule has 7 heteroatoms. The maximum absolute atomic E-state index is 12.6. The van der Waals surface area contributed by atoms with Crippen molar-refractivity contribution in [2.24, 2.45) is 5.92 Å². The van der Waals surface area contributed by atoms with E-state index in [1.807, 2.05) is 6.07 Å². The van der Waals surface area contributed by atoms with Crippen LogP contribution < -0.4 is 15.0 Å². The number of carbonyl (C=O) groups is 2. The van der Waals surface area contributed by atoms with Crippen LogP contribution in [-0.2, 0) is 9.53 Å². The van der Waals surface area contributed by atoms with E-state index in [1.54, 1.807) is 19.9 Å². The summed E-state index contributed by atoms with van der Waals surface area (Å²) in [6.45, 7) is 5.77. The smallest absolute Gasteiger partial charge is 0.330 e. The van der Waals surface area contributed by atoms with Crippen molar-refractivity contribution in [2.45, 2.75) is 45.1 Å². The van der Waals surface area contributed by atoms with Crippen molar-refractivity contribution in [1.29, 1.82) is 0 Å². The number of esters is 1. The van der Waals surface area contributed by atoms with E-state index >= 15 is 0 Å². The molecule has 142 valence electrons. The molecule has 0 bridgehead atoms. The Morgan fingerprint density at radius 3 is 2.58 bits per heavy atom. The molecule has 0 unspecified atom stereocenters. The predicted octanol–water partition coefficient (Wildman–Crippen LogP) is 2.15. The molecule has 2 heterocycles. The first-order valence-corrected chi connectivity index (χ1v) is 9.20. The van der Waals surface area contributed by atoms with Crippen molar-refractivity contribution >= 4 is 17.6 Å². The number of methoxy groups -OCH3 is 1. The lowest BCUT2D eigenvalue weighted by atomic mass is 10.1. The van der Waals surface area contributed by atoms with Gasteiger partial charge in [-0.2, -0.15) is 0 Å². The number of anilines is 1. The van der Waals surface area contributed by atoms with E-state index in [-0.39, 0.29) is 5.69 Å². The van der Waals surface area contributed by atoms with Crippen molar-refractivity contribution in [3.8, 4) is 5.88 Å². The van der Waals surface area contributed by atoms with Crippen LogP contribution >= 0.6 is 0 Å². The predicted molar refractivity (Wildman–Crippen MR) is 97.5 cm³/mol. The van der Waals surface area contributed by atoms with Crippen molar-refractivity contribution in [1.82, 2.24) is 10.3 Å². The molecule has 2 fully saturated rings. The lowest BCUT2D eigenvalue weighted by Gasteiger charge is -2.24. The van der Waals surface area contributed by atoms with E-state index in [9.17, 15) is 9.59 Å². The Balaban J connectivity index is 1.79. The summed E-state index contributed by atoms with van der Waals surface area (Å²) in [4.78, 5) is 31.1.